The Labute approximate surface area is 227 Å². The van der Waals surface area contributed by atoms with E-state index in [1.807, 2.05) is 0 Å². The lowest BCUT2D eigenvalue weighted by Crippen LogP contribution is -2.58. The fourth-order valence-electron chi connectivity index (χ4n) is 4.32. The Kier molecular flexibility index (Phi) is 8.67. The number of aryl methyl sites for hydroxylation is 1. The standard InChI is InChI=1S/C26H28F3N7O4/c1-3-36-19(9-11-32-36)23(37)34-22(16-4-6-18(27)7-5-16)24(38)33-21-12-17(8-10-30-21)20(13-40-2)35-15-26(28,29)14-31-25(35)39/h4-12,20,22H,3,13-15H2,1-2H3,(H,31,39)(H,34,37)(H,30,33,38)/t20-,22+/m1/s1. The zero-order valence-electron chi connectivity index (χ0n) is 21.7. The molecule has 0 unspecified atom stereocenters. The molecule has 0 aliphatic carbocycles. The van der Waals surface area contributed by atoms with E-state index in [4.69, 9.17) is 4.74 Å². The number of nitrogens with one attached hydrogen (secondary N) is 3. The summed E-state index contributed by atoms with van der Waals surface area (Å²) in [5.74, 6) is -4.91. The molecule has 2 aromatic heterocycles. The van der Waals surface area contributed by atoms with Gasteiger partial charge in [-0.15, -0.1) is 0 Å². The quantitative estimate of drug-likeness (QED) is 0.350. The van der Waals surface area contributed by atoms with Crippen LogP contribution in [0, 0.1) is 5.82 Å². The van der Waals surface area contributed by atoms with Crippen molar-refractivity contribution in [3.63, 3.8) is 0 Å². The predicted octanol–water partition coefficient (Wildman–Crippen LogP) is 2.89. The number of halogens is 3. The first-order valence-electron chi connectivity index (χ1n) is 12.4. The number of alkyl halides is 2. The SMILES string of the molecule is CCn1nccc1C(=O)N[C@H](C(=O)Nc1cc([C@@H](COC)N2CC(F)(F)CNC2=O)ccn1)c1ccc(F)cc1. The van der Waals surface area contributed by atoms with Gasteiger partial charge in [0.2, 0.25) is 0 Å². The van der Waals surface area contributed by atoms with Crippen molar-refractivity contribution in [2.45, 2.75) is 31.5 Å². The number of anilines is 1. The highest BCUT2D eigenvalue weighted by atomic mass is 19.3. The summed E-state index contributed by atoms with van der Waals surface area (Å²) in [6.45, 7) is 0.543. The number of benzene rings is 1. The monoisotopic (exact) mass is 559 g/mol. The summed E-state index contributed by atoms with van der Waals surface area (Å²) >= 11 is 0. The minimum absolute atomic E-state index is 0.0349. The van der Waals surface area contributed by atoms with Crippen molar-refractivity contribution in [2.24, 2.45) is 0 Å². The fraction of sp³-hybridized carbons (Fsp3) is 0.346. The van der Waals surface area contributed by atoms with E-state index >= 15 is 0 Å². The fourth-order valence-corrected chi connectivity index (χ4v) is 4.32. The molecule has 14 heteroatoms. The van der Waals surface area contributed by atoms with Crippen molar-refractivity contribution in [1.82, 2.24) is 30.3 Å². The molecule has 3 heterocycles. The first kappa shape index (κ1) is 28.5. The second-order valence-electron chi connectivity index (χ2n) is 9.07. The molecule has 4 rings (SSSR count). The van der Waals surface area contributed by atoms with Gasteiger partial charge < -0.3 is 25.6 Å². The molecule has 1 aliphatic heterocycles. The minimum atomic E-state index is -3.14. The molecule has 0 radical (unpaired) electrons. The van der Waals surface area contributed by atoms with Gasteiger partial charge in [0.05, 0.1) is 25.7 Å². The number of pyridine rings is 1. The molecule has 3 N–H and O–H groups in total. The number of carbonyl (C=O) groups excluding carboxylic acids is 3. The number of amides is 4. The van der Waals surface area contributed by atoms with E-state index in [1.54, 1.807) is 6.92 Å². The van der Waals surface area contributed by atoms with Crippen molar-refractivity contribution >= 4 is 23.7 Å². The first-order chi connectivity index (χ1) is 19.1. The highest BCUT2D eigenvalue weighted by Gasteiger charge is 2.42. The van der Waals surface area contributed by atoms with Gasteiger partial charge in [0.1, 0.15) is 23.4 Å². The second kappa shape index (κ2) is 12.2. The Bertz CT molecular complexity index is 1370. The number of hydrogen-bond donors (Lipinski definition) is 3. The van der Waals surface area contributed by atoms with E-state index in [0.29, 0.717) is 17.7 Å². The van der Waals surface area contributed by atoms with Crippen LogP contribution in [0.1, 0.15) is 40.6 Å². The van der Waals surface area contributed by atoms with E-state index in [1.165, 1.54) is 54.5 Å². The molecule has 3 aromatic rings. The van der Waals surface area contributed by atoms with E-state index in [2.05, 4.69) is 26.0 Å². The Balaban J connectivity index is 1.59. The van der Waals surface area contributed by atoms with E-state index in [0.717, 1.165) is 17.0 Å². The van der Waals surface area contributed by atoms with Crippen molar-refractivity contribution in [3.8, 4) is 0 Å². The molecule has 2 atom stereocenters. The lowest BCUT2D eigenvalue weighted by Gasteiger charge is -2.38. The first-order valence-corrected chi connectivity index (χ1v) is 12.4. The average molecular weight is 560 g/mol. The molecule has 212 valence electrons. The number of urea groups is 1. The maximum absolute atomic E-state index is 14.1. The van der Waals surface area contributed by atoms with E-state index in [-0.39, 0.29) is 18.1 Å². The van der Waals surface area contributed by atoms with Gasteiger partial charge in [0, 0.05) is 26.0 Å². The van der Waals surface area contributed by atoms with Gasteiger partial charge in [0.15, 0.2) is 0 Å². The number of nitrogens with zero attached hydrogens (tertiary/aromatic N) is 4. The summed E-state index contributed by atoms with van der Waals surface area (Å²) < 4.78 is 48.4. The van der Waals surface area contributed by atoms with Gasteiger partial charge in [-0.05, 0) is 48.4 Å². The number of carbonyl (C=O) groups is 3. The Morgan fingerprint density at radius 3 is 2.60 bits per heavy atom. The van der Waals surface area contributed by atoms with Gasteiger partial charge in [-0.3, -0.25) is 14.3 Å². The van der Waals surface area contributed by atoms with Crippen molar-refractivity contribution in [1.29, 1.82) is 0 Å². The summed E-state index contributed by atoms with van der Waals surface area (Å²) in [6, 6.07) is 6.66. The number of aromatic nitrogens is 3. The van der Waals surface area contributed by atoms with Gasteiger partial charge >= 0.3 is 6.03 Å². The van der Waals surface area contributed by atoms with Crippen LogP contribution in [-0.4, -0.2) is 70.2 Å². The molecule has 4 amide bonds. The van der Waals surface area contributed by atoms with Crippen LogP contribution in [0.15, 0.2) is 54.9 Å². The van der Waals surface area contributed by atoms with Crippen LogP contribution in [0.25, 0.3) is 0 Å². The van der Waals surface area contributed by atoms with Crippen LogP contribution < -0.4 is 16.0 Å². The maximum Gasteiger partial charge on any atom is 0.318 e. The van der Waals surface area contributed by atoms with Gasteiger partial charge in [-0.25, -0.2) is 22.9 Å². The Morgan fingerprint density at radius 2 is 1.90 bits per heavy atom. The lowest BCUT2D eigenvalue weighted by atomic mass is 10.0. The largest absolute Gasteiger partial charge is 0.382 e. The molecule has 1 saturated heterocycles. The summed E-state index contributed by atoms with van der Waals surface area (Å²) in [7, 11) is 1.37. The third-order valence-electron chi connectivity index (χ3n) is 6.27. The van der Waals surface area contributed by atoms with E-state index in [9.17, 15) is 27.6 Å². The molecule has 1 aliphatic rings. The number of hydrogen-bond acceptors (Lipinski definition) is 6. The van der Waals surface area contributed by atoms with Crippen LogP contribution in [0.4, 0.5) is 23.8 Å². The Morgan fingerprint density at radius 1 is 1.15 bits per heavy atom. The van der Waals surface area contributed by atoms with Crippen LogP contribution in [0.3, 0.4) is 0 Å². The zero-order chi connectivity index (χ0) is 28.9. The van der Waals surface area contributed by atoms with Gasteiger partial charge in [-0.2, -0.15) is 5.10 Å². The number of ether oxygens (including phenoxy) is 1. The van der Waals surface area contributed by atoms with Crippen LogP contribution in [0.5, 0.6) is 0 Å². The molecule has 11 nitrogen and oxygen atoms in total. The molecule has 40 heavy (non-hydrogen) atoms. The number of rotatable bonds is 10. The minimum Gasteiger partial charge on any atom is -0.382 e. The molecule has 0 bridgehead atoms. The van der Waals surface area contributed by atoms with Crippen molar-refractivity contribution in [2.75, 3.05) is 32.1 Å². The van der Waals surface area contributed by atoms with Gasteiger partial charge in [0.25, 0.3) is 17.7 Å². The van der Waals surface area contributed by atoms with Crippen LogP contribution in [0.2, 0.25) is 0 Å². The molecular formula is C26H28F3N7O4. The highest BCUT2D eigenvalue weighted by Crippen LogP contribution is 2.29. The molecule has 0 spiro atoms. The van der Waals surface area contributed by atoms with Gasteiger partial charge in [-0.1, -0.05) is 12.1 Å². The van der Waals surface area contributed by atoms with Crippen molar-refractivity contribution < 1.29 is 32.3 Å². The molecule has 1 aromatic carbocycles. The summed E-state index contributed by atoms with van der Waals surface area (Å²) in [4.78, 5) is 43.9. The smallest absolute Gasteiger partial charge is 0.318 e. The Hall–Kier alpha value is -4.46. The van der Waals surface area contributed by atoms with Crippen molar-refractivity contribution in [3.05, 3.63) is 77.5 Å². The van der Waals surface area contributed by atoms with E-state index < -0.39 is 54.8 Å². The molecule has 0 saturated carbocycles. The summed E-state index contributed by atoms with van der Waals surface area (Å²) in [6.07, 6.45) is 2.80. The predicted molar refractivity (Wildman–Crippen MR) is 137 cm³/mol. The lowest BCUT2D eigenvalue weighted by molar-refractivity contribution is -0.118. The third kappa shape index (κ3) is 6.57. The second-order valence-corrected chi connectivity index (χ2v) is 9.07. The third-order valence-corrected chi connectivity index (χ3v) is 6.27. The molecular weight excluding hydrogens is 531 g/mol. The normalized spacial score (nSPS) is 16.1. The topological polar surface area (TPSA) is 130 Å². The number of methoxy groups -OCH3 is 1. The summed E-state index contributed by atoms with van der Waals surface area (Å²) in [5.41, 5.74) is 0.909. The average Bonchev–Trinajstić information content (AvgIpc) is 3.42. The highest BCUT2D eigenvalue weighted by molar-refractivity contribution is 6.00. The summed E-state index contributed by atoms with van der Waals surface area (Å²) in [5, 5.41) is 11.5. The zero-order valence-corrected chi connectivity index (χ0v) is 21.7. The van der Waals surface area contributed by atoms with Crippen LogP contribution in [-0.2, 0) is 16.1 Å². The molecule has 1 fully saturated rings. The van der Waals surface area contributed by atoms with Crippen LogP contribution >= 0.6 is 0 Å². The maximum atomic E-state index is 14.1.